The van der Waals surface area contributed by atoms with Gasteiger partial charge in [-0.1, -0.05) is 54.6 Å². The van der Waals surface area contributed by atoms with Gasteiger partial charge in [-0.25, -0.2) is 4.79 Å². The molecule has 0 aromatic heterocycles. The number of hydrogen-bond acceptors (Lipinski definition) is 3. The molecule has 2 saturated heterocycles. The van der Waals surface area contributed by atoms with Crippen molar-refractivity contribution in [3.63, 3.8) is 0 Å². The summed E-state index contributed by atoms with van der Waals surface area (Å²) in [5.74, 6) is 0.504. The molecule has 0 bridgehead atoms. The van der Waals surface area contributed by atoms with Gasteiger partial charge in [-0.2, -0.15) is 0 Å². The van der Waals surface area contributed by atoms with E-state index in [1.54, 1.807) is 0 Å². The van der Waals surface area contributed by atoms with Gasteiger partial charge in [-0.15, -0.1) is 0 Å². The van der Waals surface area contributed by atoms with E-state index in [9.17, 15) is 4.79 Å². The van der Waals surface area contributed by atoms with Crippen LogP contribution in [0.4, 0.5) is 4.79 Å². The molecular weight excluding hydrogens is 360 g/mol. The smallest absolute Gasteiger partial charge is 0.317 e. The maximum absolute atomic E-state index is 11.7. The van der Waals surface area contributed by atoms with Gasteiger partial charge in [0.2, 0.25) is 0 Å². The number of carbonyl (C=O) groups is 1. The zero-order valence-electron chi connectivity index (χ0n) is 17.0. The minimum atomic E-state index is 0.0955. The molecule has 0 saturated carbocycles. The van der Waals surface area contributed by atoms with Gasteiger partial charge in [0.25, 0.3) is 0 Å². The van der Waals surface area contributed by atoms with Crippen LogP contribution in [0.15, 0.2) is 54.6 Å². The average Bonchev–Trinajstić information content (AvgIpc) is 3.37. The number of amides is 2. The molecule has 5 nitrogen and oxygen atoms in total. The molecule has 5 rings (SSSR count). The Hall–Kier alpha value is -2.37. The average molecular weight is 391 g/mol. The number of urea groups is 1. The lowest BCUT2D eigenvalue weighted by Crippen LogP contribution is -2.49. The van der Waals surface area contributed by atoms with E-state index in [4.69, 9.17) is 0 Å². The predicted octanol–water partition coefficient (Wildman–Crippen LogP) is 2.91. The standard InChI is InChI=1S/C24H30N4O/c29-24-25-10-11-28(24)17-14-26-12-15-27(16-13-26)23-18-22(19-6-2-1-3-7-19)20-8-4-5-9-21(20)23/h1-9,22-23H,10-18H2,(H,25,29)/t22-,23+/m1/s1. The van der Waals surface area contributed by atoms with Crippen molar-refractivity contribution in [2.75, 3.05) is 52.4 Å². The molecule has 2 amide bonds. The first kappa shape index (κ1) is 18.6. The molecule has 1 aliphatic carbocycles. The first-order valence-corrected chi connectivity index (χ1v) is 10.9. The Morgan fingerprint density at radius 2 is 1.55 bits per heavy atom. The van der Waals surface area contributed by atoms with E-state index in [2.05, 4.69) is 69.7 Å². The fraction of sp³-hybridized carbons (Fsp3) is 0.458. The molecule has 29 heavy (non-hydrogen) atoms. The predicted molar refractivity (Wildman–Crippen MR) is 115 cm³/mol. The maximum atomic E-state index is 11.7. The van der Waals surface area contributed by atoms with Crippen molar-refractivity contribution in [1.29, 1.82) is 0 Å². The number of nitrogens with zero attached hydrogens (tertiary/aromatic N) is 3. The van der Waals surface area contributed by atoms with Crippen molar-refractivity contribution in [1.82, 2.24) is 20.0 Å². The highest BCUT2D eigenvalue weighted by molar-refractivity contribution is 5.76. The van der Waals surface area contributed by atoms with Crippen LogP contribution >= 0.6 is 0 Å². The van der Waals surface area contributed by atoms with Crippen molar-refractivity contribution in [2.45, 2.75) is 18.4 Å². The highest BCUT2D eigenvalue weighted by Crippen LogP contribution is 2.46. The van der Waals surface area contributed by atoms with Crippen LogP contribution in [0.2, 0.25) is 0 Å². The molecule has 152 valence electrons. The second-order valence-corrected chi connectivity index (χ2v) is 8.44. The van der Waals surface area contributed by atoms with E-state index < -0.39 is 0 Å². The first-order chi connectivity index (χ1) is 14.3. The summed E-state index contributed by atoms with van der Waals surface area (Å²) in [7, 11) is 0. The van der Waals surface area contributed by atoms with Crippen LogP contribution in [0, 0.1) is 0 Å². The Balaban J connectivity index is 1.22. The maximum Gasteiger partial charge on any atom is 0.317 e. The first-order valence-electron chi connectivity index (χ1n) is 10.9. The van der Waals surface area contributed by atoms with Gasteiger partial charge in [0.1, 0.15) is 0 Å². The Morgan fingerprint density at radius 1 is 0.828 bits per heavy atom. The van der Waals surface area contributed by atoms with Crippen molar-refractivity contribution in [3.05, 3.63) is 71.3 Å². The molecular formula is C24H30N4O. The Morgan fingerprint density at radius 3 is 2.28 bits per heavy atom. The third-order valence-corrected chi connectivity index (χ3v) is 6.87. The number of hydrogen-bond donors (Lipinski definition) is 1. The summed E-state index contributed by atoms with van der Waals surface area (Å²) in [6.07, 6.45) is 1.18. The zero-order valence-corrected chi connectivity index (χ0v) is 17.0. The van der Waals surface area contributed by atoms with Gasteiger partial charge in [0.15, 0.2) is 0 Å². The number of nitrogens with one attached hydrogen (secondary N) is 1. The van der Waals surface area contributed by atoms with Crippen LogP contribution in [-0.2, 0) is 0 Å². The lowest BCUT2D eigenvalue weighted by molar-refractivity contribution is 0.0905. The van der Waals surface area contributed by atoms with Crippen LogP contribution < -0.4 is 5.32 Å². The van der Waals surface area contributed by atoms with E-state index in [1.807, 2.05) is 4.90 Å². The van der Waals surface area contributed by atoms with Crippen molar-refractivity contribution < 1.29 is 4.79 Å². The topological polar surface area (TPSA) is 38.8 Å². The molecule has 0 radical (unpaired) electrons. The molecule has 2 fully saturated rings. The minimum Gasteiger partial charge on any atom is -0.336 e. The Kier molecular flexibility index (Phi) is 5.25. The van der Waals surface area contributed by atoms with Crippen LogP contribution in [0.3, 0.4) is 0 Å². The van der Waals surface area contributed by atoms with Crippen LogP contribution in [0.5, 0.6) is 0 Å². The SMILES string of the molecule is O=C1NCCN1CCN1CCN([C@H]2C[C@H](c3ccccc3)c3ccccc32)CC1. The summed E-state index contributed by atoms with van der Waals surface area (Å²) < 4.78 is 0. The lowest BCUT2D eigenvalue weighted by Gasteiger charge is -2.39. The quantitative estimate of drug-likeness (QED) is 0.853. The Labute approximate surface area is 173 Å². The second-order valence-electron chi connectivity index (χ2n) is 8.44. The molecule has 2 aromatic carbocycles. The van der Waals surface area contributed by atoms with Gasteiger partial charge in [-0.3, -0.25) is 9.80 Å². The normalized spacial score (nSPS) is 25.2. The van der Waals surface area contributed by atoms with E-state index in [0.717, 1.165) is 52.4 Å². The van der Waals surface area contributed by atoms with E-state index in [0.29, 0.717) is 12.0 Å². The van der Waals surface area contributed by atoms with Gasteiger partial charge in [0, 0.05) is 64.3 Å². The van der Waals surface area contributed by atoms with Gasteiger partial charge in [0.05, 0.1) is 0 Å². The zero-order chi connectivity index (χ0) is 19.6. The van der Waals surface area contributed by atoms with Gasteiger partial charge in [-0.05, 0) is 23.1 Å². The summed E-state index contributed by atoms with van der Waals surface area (Å²) >= 11 is 0. The van der Waals surface area contributed by atoms with Crippen LogP contribution in [0.25, 0.3) is 0 Å². The molecule has 0 spiro atoms. The summed E-state index contributed by atoms with van der Waals surface area (Å²) in [5, 5.41) is 2.89. The molecule has 3 aliphatic rings. The third kappa shape index (κ3) is 3.77. The number of rotatable bonds is 5. The molecule has 2 aliphatic heterocycles. The van der Waals surface area contributed by atoms with Crippen molar-refractivity contribution >= 4 is 6.03 Å². The minimum absolute atomic E-state index is 0.0955. The van der Waals surface area contributed by atoms with Gasteiger partial charge >= 0.3 is 6.03 Å². The lowest BCUT2D eigenvalue weighted by atomic mass is 9.93. The van der Waals surface area contributed by atoms with E-state index >= 15 is 0 Å². The number of carbonyl (C=O) groups excluding carboxylic acids is 1. The fourth-order valence-corrected chi connectivity index (χ4v) is 5.24. The largest absolute Gasteiger partial charge is 0.336 e. The summed E-state index contributed by atoms with van der Waals surface area (Å²) in [6.45, 7) is 7.84. The van der Waals surface area contributed by atoms with Crippen LogP contribution in [-0.4, -0.2) is 73.1 Å². The summed E-state index contributed by atoms with van der Waals surface area (Å²) in [5.41, 5.74) is 4.46. The fourth-order valence-electron chi connectivity index (χ4n) is 5.24. The molecule has 2 atom stereocenters. The number of fused-ring (bicyclic) bond motifs is 1. The van der Waals surface area contributed by atoms with Crippen LogP contribution in [0.1, 0.15) is 35.1 Å². The van der Waals surface area contributed by atoms with E-state index in [1.165, 1.54) is 23.1 Å². The van der Waals surface area contributed by atoms with Crippen molar-refractivity contribution in [2.24, 2.45) is 0 Å². The van der Waals surface area contributed by atoms with E-state index in [-0.39, 0.29) is 6.03 Å². The second kappa shape index (κ2) is 8.17. The van der Waals surface area contributed by atoms with Gasteiger partial charge < -0.3 is 10.2 Å². The third-order valence-electron chi connectivity index (χ3n) is 6.87. The number of piperazine rings is 1. The molecule has 2 aromatic rings. The molecule has 2 heterocycles. The summed E-state index contributed by atoms with van der Waals surface area (Å²) in [6, 6.07) is 20.6. The number of benzene rings is 2. The molecule has 5 heteroatoms. The Bertz CT molecular complexity index is 847. The highest BCUT2D eigenvalue weighted by atomic mass is 16.2. The monoisotopic (exact) mass is 390 g/mol. The molecule has 1 N–H and O–H groups in total. The molecule has 0 unspecified atom stereocenters. The summed E-state index contributed by atoms with van der Waals surface area (Å²) in [4.78, 5) is 18.9. The highest BCUT2D eigenvalue weighted by Gasteiger charge is 2.36. The van der Waals surface area contributed by atoms with Crippen molar-refractivity contribution in [3.8, 4) is 0 Å².